The maximum Gasteiger partial charge on any atom is 0.236 e. The van der Waals surface area contributed by atoms with Crippen molar-refractivity contribution in [3.05, 3.63) is 35.4 Å². The molecule has 0 saturated carbocycles. The summed E-state index contributed by atoms with van der Waals surface area (Å²) in [6.45, 7) is 9.02. The number of likely N-dealkylation sites (tertiary alicyclic amines) is 2. The number of hydrogen-bond acceptors (Lipinski definition) is 3. The molecule has 1 aromatic rings. The van der Waals surface area contributed by atoms with Gasteiger partial charge in [0.25, 0.3) is 0 Å². The van der Waals surface area contributed by atoms with E-state index in [9.17, 15) is 13.6 Å². The minimum Gasteiger partial charge on any atom is -0.342 e. The van der Waals surface area contributed by atoms with Crippen molar-refractivity contribution in [1.82, 2.24) is 14.7 Å². The Bertz CT molecular complexity index is 681. The van der Waals surface area contributed by atoms with Gasteiger partial charge in [-0.05, 0) is 69.3 Å². The lowest BCUT2D eigenvalue weighted by atomic mass is 9.79. The van der Waals surface area contributed by atoms with Gasteiger partial charge >= 0.3 is 0 Å². The normalized spacial score (nSPS) is 24.1. The van der Waals surface area contributed by atoms with E-state index < -0.39 is 11.6 Å². The van der Waals surface area contributed by atoms with Gasteiger partial charge in [-0.2, -0.15) is 0 Å². The van der Waals surface area contributed by atoms with Gasteiger partial charge in [0.1, 0.15) is 0 Å². The van der Waals surface area contributed by atoms with Crippen LogP contribution in [-0.2, 0) is 11.3 Å². The molecule has 2 saturated heterocycles. The van der Waals surface area contributed by atoms with Gasteiger partial charge in [-0.25, -0.2) is 8.78 Å². The number of nitrogens with zero attached hydrogens (tertiary/aromatic N) is 3. The average Bonchev–Trinajstić information content (AvgIpc) is 2.99. The quantitative estimate of drug-likeness (QED) is 0.787. The van der Waals surface area contributed by atoms with E-state index in [2.05, 4.69) is 9.80 Å². The van der Waals surface area contributed by atoms with Gasteiger partial charge in [-0.3, -0.25) is 14.6 Å². The fourth-order valence-electron chi connectivity index (χ4n) is 4.43. The van der Waals surface area contributed by atoms with Crippen molar-refractivity contribution < 1.29 is 13.6 Å². The van der Waals surface area contributed by atoms with Gasteiger partial charge in [0.05, 0.1) is 6.54 Å². The molecule has 0 N–H and O–H groups in total. The molecule has 27 heavy (non-hydrogen) atoms. The van der Waals surface area contributed by atoms with Crippen LogP contribution < -0.4 is 0 Å². The summed E-state index contributed by atoms with van der Waals surface area (Å²) in [7, 11) is 1.86. The molecule has 2 fully saturated rings. The Hall–Kier alpha value is -1.53. The first kappa shape index (κ1) is 20.2. The van der Waals surface area contributed by atoms with Crippen LogP contribution >= 0.6 is 0 Å². The van der Waals surface area contributed by atoms with Crippen LogP contribution in [-0.4, -0.2) is 66.4 Å². The van der Waals surface area contributed by atoms with E-state index in [0.29, 0.717) is 13.1 Å². The molecule has 2 heterocycles. The largest absolute Gasteiger partial charge is 0.342 e. The van der Waals surface area contributed by atoms with Crippen LogP contribution in [0.15, 0.2) is 18.2 Å². The number of carbonyl (C=O) groups excluding carboxylic acids is 1. The monoisotopic (exact) mass is 379 g/mol. The highest BCUT2D eigenvalue weighted by Crippen LogP contribution is 2.39. The van der Waals surface area contributed by atoms with Crippen molar-refractivity contribution in [2.45, 2.75) is 45.7 Å². The molecule has 0 radical (unpaired) electrons. The van der Waals surface area contributed by atoms with E-state index in [1.807, 2.05) is 20.9 Å². The third-order valence-electron chi connectivity index (χ3n) is 6.17. The molecule has 4 nitrogen and oxygen atoms in total. The smallest absolute Gasteiger partial charge is 0.236 e. The number of carbonyl (C=O) groups is 1. The van der Waals surface area contributed by atoms with E-state index in [0.717, 1.165) is 44.6 Å². The molecule has 6 heteroatoms. The van der Waals surface area contributed by atoms with Crippen LogP contribution in [0.3, 0.4) is 0 Å². The second-order valence-electron chi connectivity index (χ2n) is 8.62. The lowest BCUT2D eigenvalue weighted by Crippen LogP contribution is -2.46. The van der Waals surface area contributed by atoms with E-state index in [-0.39, 0.29) is 17.4 Å². The Balaban J connectivity index is 1.57. The first-order chi connectivity index (χ1) is 12.8. The van der Waals surface area contributed by atoms with Gasteiger partial charge < -0.3 is 4.90 Å². The number of likely N-dealkylation sites (N-methyl/N-ethyl adjacent to an activating group) is 1. The molecule has 0 aliphatic carbocycles. The van der Waals surface area contributed by atoms with Crippen LogP contribution in [0.5, 0.6) is 0 Å². The molecule has 3 rings (SSSR count). The minimum atomic E-state index is -0.795. The summed E-state index contributed by atoms with van der Waals surface area (Å²) in [6, 6.07) is 4.40. The molecule has 0 unspecified atom stereocenters. The van der Waals surface area contributed by atoms with Crippen molar-refractivity contribution in [3.63, 3.8) is 0 Å². The molecule has 1 amide bonds. The van der Waals surface area contributed by atoms with Gasteiger partial charge in [-0.15, -0.1) is 0 Å². The van der Waals surface area contributed by atoms with Gasteiger partial charge in [0.15, 0.2) is 11.6 Å². The Kier molecular flexibility index (Phi) is 6.16. The molecule has 2 aliphatic rings. The van der Waals surface area contributed by atoms with E-state index in [4.69, 9.17) is 0 Å². The summed E-state index contributed by atoms with van der Waals surface area (Å²) in [5, 5.41) is 0. The zero-order valence-electron chi connectivity index (χ0n) is 16.7. The lowest BCUT2D eigenvalue weighted by Gasteiger charge is -2.40. The predicted molar refractivity (Wildman–Crippen MR) is 102 cm³/mol. The Morgan fingerprint density at radius 3 is 2.59 bits per heavy atom. The Labute approximate surface area is 161 Å². The number of piperidine rings is 1. The zero-order valence-corrected chi connectivity index (χ0v) is 16.7. The maximum absolute atomic E-state index is 13.5. The summed E-state index contributed by atoms with van der Waals surface area (Å²) >= 11 is 0. The maximum atomic E-state index is 13.5. The van der Waals surface area contributed by atoms with Gasteiger partial charge in [-0.1, -0.05) is 6.07 Å². The summed E-state index contributed by atoms with van der Waals surface area (Å²) in [4.78, 5) is 18.8. The van der Waals surface area contributed by atoms with Crippen molar-refractivity contribution in [2.24, 2.45) is 5.41 Å². The van der Waals surface area contributed by atoms with Crippen LogP contribution in [0.2, 0.25) is 0 Å². The van der Waals surface area contributed by atoms with Crippen molar-refractivity contribution in [3.8, 4) is 0 Å². The first-order valence-corrected chi connectivity index (χ1v) is 9.92. The molecule has 0 bridgehead atoms. The molecule has 0 aromatic heterocycles. The summed E-state index contributed by atoms with van der Waals surface area (Å²) in [6.07, 6.45) is 3.38. The van der Waals surface area contributed by atoms with Crippen LogP contribution in [0.1, 0.15) is 38.7 Å². The number of hydrogen-bond donors (Lipinski definition) is 0. The Morgan fingerprint density at radius 2 is 1.89 bits per heavy atom. The third kappa shape index (κ3) is 4.85. The fourth-order valence-corrected chi connectivity index (χ4v) is 4.43. The topological polar surface area (TPSA) is 26.8 Å². The van der Waals surface area contributed by atoms with E-state index in [1.165, 1.54) is 18.6 Å². The molecule has 1 aromatic carbocycles. The zero-order chi connectivity index (χ0) is 19.6. The SMILES string of the molecule is CC(C)N(C)C(=O)CN1CC[C@]2(CCCN(Cc3ccc(F)c(F)c3)C2)C1. The van der Waals surface area contributed by atoms with Gasteiger partial charge in [0.2, 0.25) is 5.91 Å². The third-order valence-corrected chi connectivity index (χ3v) is 6.17. The molecule has 1 atom stereocenters. The second-order valence-corrected chi connectivity index (χ2v) is 8.62. The minimum absolute atomic E-state index is 0.177. The van der Waals surface area contributed by atoms with Crippen LogP contribution in [0.25, 0.3) is 0 Å². The fraction of sp³-hybridized carbons (Fsp3) is 0.667. The highest BCUT2D eigenvalue weighted by atomic mass is 19.2. The van der Waals surface area contributed by atoms with E-state index in [1.54, 1.807) is 11.0 Å². The predicted octanol–water partition coefficient (Wildman–Crippen LogP) is 3.12. The number of rotatable bonds is 5. The molecule has 2 aliphatic heterocycles. The van der Waals surface area contributed by atoms with Crippen molar-refractivity contribution in [1.29, 1.82) is 0 Å². The van der Waals surface area contributed by atoms with Gasteiger partial charge in [0, 0.05) is 32.7 Å². The highest BCUT2D eigenvalue weighted by molar-refractivity contribution is 5.78. The van der Waals surface area contributed by atoms with Crippen LogP contribution in [0.4, 0.5) is 8.78 Å². The summed E-state index contributed by atoms with van der Waals surface area (Å²) in [5.74, 6) is -1.40. The van der Waals surface area contributed by atoms with Crippen LogP contribution in [0, 0.1) is 17.0 Å². The number of amides is 1. The standard InChI is InChI=1S/C21H31F2N3O/c1-16(2)24(3)20(27)13-26-10-8-21(15-26)7-4-9-25(14-21)12-17-5-6-18(22)19(23)11-17/h5-6,11,16H,4,7-10,12-15H2,1-3H3/t21-/m0/s1. The molecule has 1 spiro atoms. The highest BCUT2D eigenvalue weighted by Gasteiger charge is 2.41. The summed E-state index contributed by atoms with van der Waals surface area (Å²) < 4.78 is 26.6. The molecular weight excluding hydrogens is 348 g/mol. The second kappa shape index (κ2) is 8.23. The number of halogens is 2. The molecule has 150 valence electrons. The van der Waals surface area contributed by atoms with E-state index >= 15 is 0 Å². The average molecular weight is 379 g/mol. The Morgan fingerprint density at radius 1 is 1.15 bits per heavy atom. The summed E-state index contributed by atoms with van der Waals surface area (Å²) in [5.41, 5.74) is 1.03. The number of benzene rings is 1. The van der Waals surface area contributed by atoms with Crippen molar-refractivity contribution in [2.75, 3.05) is 39.8 Å². The first-order valence-electron chi connectivity index (χ1n) is 9.92. The molecular formula is C21H31F2N3O. The van der Waals surface area contributed by atoms with Crippen molar-refractivity contribution >= 4 is 5.91 Å². The lowest BCUT2D eigenvalue weighted by molar-refractivity contribution is -0.132.